The van der Waals surface area contributed by atoms with Crippen LogP contribution in [0.1, 0.15) is 5.69 Å². The third-order valence-corrected chi connectivity index (χ3v) is 2.67. The van der Waals surface area contributed by atoms with Gasteiger partial charge < -0.3 is 10.1 Å². The smallest absolute Gasteiger partial charge is 0.411 e. The van der Waals surface area contributed by atoms with E-state index in [4.69, 9.17) is 16.3 Å². The van der Waals surface area contributed by atoms with Gasteiger partial charge in [-0.15, -0.1) is 11.6 Å². The summed E-state index contributed by atoms with van der Waals surface area (Å²) in [7, 11) is 0. The molecule has 1 amide bonds. The van der Waals surface area contributed by atoms with Gasteiger partial charge in [-0.25, -0.2) is 14.8 Å². The largest absolute Gasteiger partial charge is 0.448 e. The standard InChI is InChI=1S/C14H15ClN4O2/c1-10-8-13(17-9-16-10)18-11-2-4-12(5-3-11)19-14(20)21-7-6-15/h2-5,8-9H,6-7H2,1H3,(H,19,20)(H,16,17,18). The SMILES string of the molecule is Cc1cc(Nc2ccc(NC(=O)OCCCl)cc2)ncn1. The Hall–Kier alpha value is -2.34. The van der Waals surface area contributed by atoms with Crippen molar-refractivity contribution in [3.8, 4) is 0 Å². The summed E-state index contributed by atoms with van der Waals surface area (Å²) in [5, 5.41) is 5.75. The summed E-state index contributed by atoms with van der Waals surface area (Å²) < 4.78 is 4.82. The molecule has 1 heterocycles. The van der Waals surface area contributed by atoms with Gasteiger partial charge in [0.05, 0.1) is 5.88 Å². The van der Waals surface area contributed by atoms with Crippen molar-refractivity contribution < 1.29 is 9.53 Å². The van der Waals surface area contributed by atoms with Crippen molar-refractivity contribution in [3.05, 3.63) is 42.4 Å². The molecule has 0 bridgehead atoms. The van der Waals surface area contributed by atoms with Crippen LogP contribution in [-0.4, -0.2) is 28.5 Å². The first-order valence-corrected chi connectivity index (χ1v) is 6.86. The highest BCUT2D eigenvalue weighted by molar-refractivity contribution is 6.18. The summed E-state index contributed by atoms with van der Waals surface area (Å²) >= 11 is 5.43. The number of nitrogens with one attached hydrogen (secondary N) is 2. The third kappa shape index (κ3) is 4.92. The molecular formula is C14H15ClN4O2. The Bertz CT molecular complexity index is 604. The molecule has 2 N–H and O–H groups in total. The number of halogens is 1. The summed E-state index contributed by atoms with van der Waals surface area (Å²) in [5.74, 6) is 0.985. The van der Waals surface area contributed by atoms with Gasteiger partial charge in [0.1, 0.15) is 18.8 Å². The number of hydrogen-bond donors (Lipinski definition) is 2. The van der Waals surface area contributed by atoms with Crippen LogP contribution in [0.2, 0.25) is 0 Å². The Balaban J connectivity index is 1.94. The van der Waals surface area contributed by atoms with E-state index < -0.39 is 6.09 Å². The van der Waals surface area contributed by atoms with Crippen LogP contribution in [-0.2, 0) is 4.74 Å². The number of benzene rings is 1. The van der Waals surface area contributed by atoms with Gasteiger partial charge in [-0.1, -0.05) is 0 Å². The van der Waals surface area contributed by atoms with Gasteiger partial charge in [-0.05, 0) is 31.2 Å². The Labute approximate surface area is 127 Å². The van der Waals surface area contributed by atoms with E-state index in [0.717, 1.165) is 11.4 Å². The average molecular weight is 307 g/mol. The number of nitrogens with zero attached hydrogens (tertiary/aromatic N) is 2. The van der Waals surface area contributed by atoms with Crippen LogP contribution >= 0.6 is 11.6 Å². The summed E-state index contributed by atoms with van der Waals surface area (Å²) in [5.41, 5.74) is 2.37. The highest BCUT2D eigenvalue weighted by atomic mass is 35.5. The fourth-order valence-corrected chi connectivity index (χ4v) is 1.67. The Morgan fingerprint density at radius 1 is 1.24 bits per heavy atom. The van der Waals surface area contributed by atoms with Crippen LogP contribution in [0.15, 0.2) is 36.7 Å². The predicted octanol–water partition coefficient (Wildman–Crippen LogP) is 3.32. The zero-order chi connectivity index (χ0) is 15.1. The summed E-state index contributed by atoms with van der Waals surface area (Å²) in [6.45, 7) is 2.08. The second-order valence-electron chi connectivity index (χ2n) is 4.20. The molecule has 2 aromatic rings. The number of ether oxygens (including phenoxy) is 1. The van der Waals surface area contributed by atoms with E-state index in [1.807, 2.05) is 25.1 Å². The molecule has 7 heteroatoms. The van der Waals surface area contributed by atoms with Crippen molar-refractivity contribution in [1.82, 2.24) is 9.97 Å². The molecule has 6 nitrogen and oxygen atoms in total. The Morgan fingerprint density at radius 2 is 1.95 bits per heavy atom. The van der Waals surface area contributed by atoms with Gasteiger partial charge in [-0.3, -0.25) is 5.32 Å². The number of carbonyl (C=O) groups is 1. The first kappa shape index (κ1) is 15.1. The third-order valence-electron chi connectivity index (χ3n) is 2.52. The molecule has 0 saturated carbocycles. The molecule has 0 aliphatic heterocycles. The molecule has 0 atom stereocenters. The normalized spacial score (nSPS) is 10.0. The summed E-state index contributed by atoms with van der Waals surface area (Å²) in [4.78, 5) is 19.5. The topological polar surface area (TPSA) is 76.1 Å². The maximum absolute atomic E-state index is 11.4. The Morgan fingerprint density at radius 3 is 2.62 bits per heavy atom. The number of anilines is 3. The fourth-order valence-electron chi connectivity index (χ4n) is 1.59. The number of rotatable bonds is 5. The van der Waals surface area contributed by atoms with E-state index in [-0.39, 0.29) is 12.5 Å². The minimum atomic E-state index is -0.525. The summed E-state index contributed by atoms with van der Waals surface area (Å²) in [6, 6.07) is 9.02. The van der Waals surface area contributed by atoms with Crippen LogP contribution in [0.3, 0.4) is 0 Å². The van der Waals surface area contributed by atoms with E-state index in [1.54, 1.807) is 12.1 Å². The van der Waals surface area contributed by atoms with Crippen LogP contribution in [0.5, 0.6) is 0 Å². The Kier molecular flexibility index (Phi) is 5.34. The van der Waals surface area contributed by atoms with Crippen LogP contribution in [0.25, 0.3) is 0 Å². The van der Waals surface area contributed by atoms with Crippen molar-refractivity contribution in [2.75, 3.05) is 23.1 Å². The van der Waals surface area contributed by atoms with Crippen molar-refractivity contribution in [3.63, 3.8) is 0 Å². The molecule has 0 radical (unpaired) electrons. The van der Waals surface area contributed by atoms with Crippen molar-refractivity contribution >= 4 is 34.9 Å². The second-order valence-corrected chi connectivity index (χ2v) is 4.57. The molecular weight excluding hydrogens is 292 g/mol. The van der Waals surface area contributed by atoms with Crippen molar-refractivity contribution in [1.29, 1.82) is 0 Å². The van der Waals surface area contributed by atoms with Gasteiger partial charge in [0.2, 0.25) is 0 Å². The van der Waals surface area contributed by atoms with Crippen LogP contribution in [0.4, 0.5) is 22.0 Å². The van der Waals surface area contributed by atoms with Crippen LogP contribution < -0.4 is 10.6 Å². The monoisotopic (exact) mass is 306 g/mol. The molecule has 0 unspecified atom stereocenters. The van der Waals surface area contributed by atoms with E-state index in [9.17, 15) is 4.79 Å². The number of carbonyl (C=O) groups excluding carboxylic acids is 1. The first-order valence-electron chi connectivity index (χ1n) is 6.33. The quantitative estimate of drug-likeness (QED) is 0.829. The predicted molar refractivity (Wildman–Crippen MR) is 82.2 cm³/mol. The lowest BCUT2D eigenvalue weighted by molar-refractivity contribution is 0.168. The van der Waals surface area contributed by atoms with Crippen molar-refractivity contribution in [2.24, 2.45) is 0 Å². The fraction of sp³-hybridized carbons (Fsp3) is 0.214. The summed E-state index contributed by atoms with van der Waals surface area (Å²) in [6.07, 6.45) is 0.975. The van der Waals surface area contributed by atoms with Gasteiger partial charge in [0.25, 0.3) is 0 Å². The number of hydrogen-bond acceptors (Lipinski definition) is 5. The maximum atomic E-state index is 11.4. The van der Waals surface area contributed by atoms with E-state index in [1.165, 1.54) is 6.33 Å². The molecule has 0 fully saturated rings. The molecule has 0 aliphatic rings. The molecule has 2 rings (SSSR count). The zero-order valence-electron chi connectivity index (χ0n) is 11.5. The lowest BCUT2D eigenvalue weighted by Crippen LogP contribution is -2.14. The molecule has 21 heavy (non-hydrogen) atoms. The molecule has 0 spiro atoms. The molecule has 0 saturated heterocycles. The van der Waals surface area contributed by atoms with E-state index in [0.29, 0.717) is 11.5 Å². The number of amides is 1. The number of alkyl halides is 1. The van der Waals surface area contributed by atoms with Crippen molar-refractivity contribution in [2.45, 2.75) is 6.92 Å². The lowest BCUT2D eigenvalue weighted by Gasteiger charge is -2.08. The first-order chi connectivity index (χ1) is 10.2. The van der Waals surface area contributed by atoms with E-state index in [2.05, 4.69) is 20.6 Å². The average Bonchev–Trinajstić information content (AvgIpc) is 2.47. The highest BCUT2D eigenvalue weighted by Crippen LogP contribution is 2.17. The second kappa shape index (κ2) is 7.44. The van der Waals surface area contributed by atoms with Gasteiger partial charge in [0.15, 0.2) is 0 Å². The van der Waals surface area contributed by atoms with Crippen LogP contribution in [0, 0.1) is 6.92 Å². The van der Waals surface area contributed by atoms with Gasteiger partial charge in [0, 0.05) is 23.1 Å². The molecule has 110 valence electrons. The van der Waals surface area contributed by atoms with Gasteiger partial charge in [-0.2, -0.15) is 0 Å². The maximum Gasteiger partial charge on any atom is 0.411 e. The highest BCUT2D eigenvalue weighted by Gasteiger charge is 2.03. The van der Waals surface area contributed by atoms with Gasteiger partial charge >= 0.3 is 6.09 Å². The molecule has 1 aromatic carbocycles. The minimum absolute atomic E-state index is 0.181. The zero-order valence-corrected chi connectivity index (χ0v) is 12.2. The molecule has 1 aromatic heterocycles. The number of aromatic nitrogens is 2. The number of aryl methyl sites for hydroxylation is 1. The van der Waals surface area contributed by atoms with E-state index >= 15 is 0 Å². The lowest BCUT2D eigenvalue weighted by atomic mass is 10.3. The minimum Gasteiger partial charge on any atom is -0.448 e. The molecule has 0 aliphatic carbocycles.